The van der Waals surface area contributed by atoms with Gasteiger partial charge in [0.1, 0.15) is 0 Å². The zero-order valence-electron chi connectivity index (χ0n) is 11.7. The summed E-state index contributed by atoms with van der Waals surface area (Å²) in [5.41, 5.74) is 1.10. The molecule has 1 aromatic rings. The predicted molar refractivity (Wildman–Crippen MR) is 74.0 cm³/mol. The van der Waals surface area contributed by atoms with Gasteiger partial charge >= 0.3 is 0 Å². The van der Waals surface area contributed by atoms with Crippen molar-refractivity contribution in [2.24, 2.45) is 0 Å². The van der Waals surface area contributed by atoms with Gasteiger partial charge in [-0.25, -0.2) is 4.98 Å². The minimum Gasteiger partial charge on any atom is -0.351 e. The molecular weight excluding hydrogens is 224 g/mol. The van der Waals surface area contributed by atoms with E-state index in [-0.39, 0.29) is 0 Å². The van der Waals surface area contributed by atoms with Crippen LogP contribution in [0.5, 0.6) is 0 Å². The molecule has 0 aromatic carbocycles. The fraction of sp³-hybridized carbons (Fsp3) is 0.786. The third-order valence-electron chi connectivity index (χ3n) is 4.33. The molecule has 2 aliphatic rings. The van der Waals surface area contributed by atoms with E-state index in [1.807, 2.05) is 0 Å². The van der Waals surface area contributed by atoms with Crippen molar-refractivity contribution < 1.29 is 0 Å². The van der Waals surface area contributed by atoms with E-state index in [1.54, 1.807) is 0 Å². The topological polar surface area (TPSA) is 33.1 Å². The molecule has 0 aliphatic carbocycles. The minimum absolute atomic E-state index is 0.467. The molecule has 0 bridgehead atoms. The van der Waals surface area contributed by atoms with Crippen LogP contribution in [0.15, 0.2) is 6.20 Å². The number of fused-ring (bicyclic) bond motifs is 1. The van der Waals surface area contributed by atoms with Crippen LogP contribution in [0.25, 0.3) is 0 Å². The number of anilines is 1. The van der Waals surface area contributed by atoms with Crippen LogP contribution >= 0.6 is 0 Å². The number of nitrogens with zero attached hydrogens (tertiary/aromatic N) is 3. The second kappa shape index (κ2) is 4.57. The lowest BCUT2D eigenvalue weighted by molar-refractivity contribution is 0.317. The van der Waals surface area contributed by atoms with Gasteiger partial charge in [0.15, 0.2) is 0 Å². The van der Waals surface area contributed by atoms with Gasteiger partial charge in [0, 0.05) is 30.9 Å². The molecule has 0 spiro atoms. The molecule has 4 heteroatoms. The molecule has 1 N–H and O–H groups in total. The first kappa shape index (κ1) is 12.0. The Bertz CT molecular complexity index is 423. The monoisotopic (exact) mass is 248 g/mol. The van der Waals surface area contributed by atoms with Crippen molar-refractivity contribution >= 4 is 5.95 Å². The van der Waals surface area contributed by atoms with Gasteiger partial charge in [0.25, 0.3) is 0 Å². The van der Waals surface area contributed by atoms with Crippen LogP contribution < -0.4 is 5.32 Å². The molecule has 2 atom stereocenters. The Morgan fingerprint density at radius 3 is 2.94 bits per heavy atom. The van der Waals surface area contributed by atoms with E-state index in [1.165, 1.54) is 32.4 Å². The summed E-state index contributed by atoms with van der Waals surface area (Å²) in [6.45, 7) is 9.04. The fourth-order valence-corrected chi connectivity index (χ4v) is 3.43. The molecule has 2 aliphatic heterocycles. The number of hydrogen-bond acceptors (Lipinski definition) is 3. The maximum atomic E-state index is 4.64. The van der Waals surface area contributed by atoms with E-state index in [4.69, 9.17) is 0 Å². The highest BCUT2D eigenvalue weighted by molar-refractivity contribution is 5.32. The van der Waals surface area contributed by atoms with E-state index in [9.17, 15) is 0 Å². The van der Waals surface area contributed by atoms with Crippen LogP contribution in [0.2, 0.25) is 0 Å². The third kappa shape index (κ3) is 2.03. The number of hydrogen-bond donors (Lipinski definition) is 1. The Labute approximate surface area is 109 Å². The van der Waals surface area contributed by atoms with E-state index in [2.05, 4.69) is 46.7 Å². The minimum atomic E-state index is 0.467. The highest BCUT2D eigenvalue weighted by atomic mass is 15.3. The van der Waals surface area contributed by atoms with E-state index in [0.29, 0.717) is 12.1 Å². The maximum absolute atomic E-state index is 4.64. The Morgan fingerprint density at radius 2 is 2.17 bits per heavy atom. The molecule has 1 aromatic heterocycles. The summed E-state index contributed by atoms with van der Waals surface area (Å²) >= 11 is 0. The summed E-state index contributed by atoms with van der Waals surface area (Å²) in [6.07, 6.45) is 6.11. The van der Waals surface area contributed by atoms with Crippen molar-refractivity contribution in [3.05, 3.63) is 11.9 Å². The molecular formula is C14H24N4. The molecule has 18 heavy (non-hydrogen) atoms. The fourth-order valence-electron chi connectivity index (χ4n) is 3.43. The average molecular weight is 248 g/mol. The lowest BCUT2D eigenvalue weighted by Gasteiger charge is -2.23. The van der Waals surface area contributed by atoms with Crippen LogP contribution in [-0.4, -0.2) is 39.6 Å². The van der Waals surface area contributed by atoms with Crippen molar-refractivity contribution in [1.29, 1.82) is 0 Å². The largest absolute Gasteiger partial charge is 0.351 e. The molecule has 0 amide bonds. The molecule has 4 nitrogen and oxygen atoms in total. The molecule has 3 rings (SSSR count). The van der Waals surface area contributed by atoms with Crippen molar-refractivity contribution in [2.45, 2.75) is 58.2 Å². The number of aryl methyl sites for hydroxylation is 1. The molecule has 0 saturated carbocycles. The summed E-state index contributed by atoms with van der Waals surface area (Å²) in [4.78, 5) is 7.28. The Kier molecular flexibility index (Phi) is 3.06. The van der Waals surface area contributed by atoms with E-state index < -0.39 is 0 Å². The molecule has 2 saturated heterocycles. The zero-order valence-corrected chi connectivity index (χ0v) is 11.7. The number of imidazole rings is 1. The third-order valence-corrected chi connectivity index (χ3v) is 4.33. The van der Waals surface area contributed by atoms with Crippen molar-refractivity contribution in [1.82, 2.24) is 14.5 Å². The highest BCUT2D eigenvalue weighted by Gasteiger charge is 2.37. The Hall–Kier alpha value is -1.03. The zero-order chi connectivity index (χ0) is 12.7. The van der Waals surface area contributed by atoms with Gasteiger partial charge in [0.2, 0.25) is 5.95 Å². The summed E-state index contributed by atoms with van der Waals surface area (Å²) in [5.74, 6) is 1.06. The van der Waals surface area contributed by atoms with Crippen LogP contribution in [0.3, 0.4) is 0 Å². The first-order valence-corrected chi connectivity index (χ1v) is 7.21. The Balaban J connectivity index is 1.76. The van der Waals surface area contributed by atoms with E-state index >= 15 is 0 Å². The molecule has 3 heterocycles. The SMILES string of the molecule is Cc1cn(C(C)C)c(NC2CCN3CCCC23)n1. The number of nitrogens with one attached hydrogen (secondary N) is 1. The van der Waals surface area contributed by atoms with Gasteiger partial charge in [-0.05, 0) is 46.6 Å². The predicted octanol–water partition coefficient (Wildman–Crippen LogP) is 2.42. The summed E-state index contributed by atoms with van der Waals surface area (Å²) < 4.78 is 2.26. The van der Waals surface area contributed by atoms with Gasteiger partial charge in [-0.3, -0.25) is 4.90 Å². The smallest absolute Gasteiger partial charge is 0.203 e. The molecule has 100 valence electrons. The first-order valence-electron chi connectivity index (χ1n) is 7.21. The van der Waals surface area contributed by atoms with Crippen LogP contribution in [-0.2, 0) is 0 Å². The Morgan fingerprint density at radius 1 is 1.33 bits per heavy atom. The van der Waals surface area contributed by atoms with Gasteiger partial charge in [-0.1, -0.05) is 0 Å². The lowest BCUT2D eigenvalue weighted by atomic mass is 10.1. The maximum Gasteiger partial charge on any atom is 0.203 e. The van der Waals surface area contributed by atoms with Gasteiger partial charge in [-0.2, -0.15) is 0 Å². The van der Waals surface area contributed by atoms with Crippen molar-refractivity contribution in [3.8, 4) is 0 Å². The normalized spacial score (nSPS) is 28.0. The van der Waals surface area contributed by atoms with Gasteiger partial charge in [0.05, 0.1) is 5.69 Å². The second-order valence-corrected chi connectivity index (χ2v) is 5.99. The van der Waals surface area contributed by atoms with Crippen molar-refractivity contribution in [2.75, 3.05) is 18.4 Å². The van der Waals surface area contributed by atoms with E-state index in [0.717, 1.165) is 17.7 Å². The summed E-state index contributed by atoms with van der Waals surface area (Å²) in [5, 5.41) is 3.69. The summed E-state index contributed by atoms with van der Waals surface area (Å²) in [6, 6.07) is 1.80. The number of aromatic nitrogens is 2. The molecule has 0 radical (unpaired) electrons. The molecule has 2 unspecified atom stereocenters. The molecule has 2 fully saturated rings. The average Bonchev–Trinajstić information content (AvgIpc) is 2.96. The number of rotatable bonds is 3. The standard InChI is InChI=1S/C14H24N4/c1-10(2)18-9-11(3)15-14(18)16-12-6-8-17-7-4-5-13(12)17/h9-10,12-13H,4-8H2,1-3H3,(H,15,16). The van der Waals surface area contributed by atoms with Crippen LogP contribution in [0, 0.1) is 6.92 Å². The van der Waals surface area contributed by atoms with Gasteiger partial charge in [-0.15, -0.1) is 0 Å². The van der Waals surface area contributed by atoms with Crippen molar-refractivity contribution in [3.63, 3.8) is 0 Å². The van der Waals surface area contributed by atoms with Crippen LogP contribution in [0.4, 0.5) is 5.95 Å². The first-order chi connectivity index (χ1) is 8.65. The quantitative estimate of drug-likeness (QED) is 0.892. The van der Waals surface area contributed by atoms with Crippen LogP contribution in [0.1, 0.15) is 44.8 Å². The van der Waals surface area contributed by atoms with Gasteiger partial charge < -0.3 is 9.88 Å². The summed E-state index contributed by atoms with van der Waals surface area (Å²) in [7, 11) is 0. The lowest BCUT2D eigenvalue weighted by Crippen LogP contribution is -2.34. The highest BCUT2D eigenvalue weighted by Crippen LogP contribution is 2.30. The second-order valence-electron chi connectivity index (χ2n) is 5.99.